The van der Waals surface area contributed by atoms with Crippen LogP contribution in [0.15, 0.2) is 18.2 Å². The van der Waals surface area contributed by atoms with Crippen LogP contribution in [0.3, 0.4) is 0 Å². The Morgan fingerprint density at radius 3 is 2.62 bits per heavy atom. The summed E-state index contributed by atoms with van der Waals surface area (Å²) in [4.78, 5) is 0. The van der Waals surface area contributed by atoms with Gasteiger partial charge < -0.3 is 15.5 Å². The number of aryl methyl sites for hydroxylation is 1. The van der Waals surface area contributed by atoms with Gasteiger partial charge in [-0.15, -0.1) is 0 Å². The first-order chi connectivity index (χ1) is 7.50. The molecule has 1 rings (SSSR count). The van der Waals surface area contributed by atoms with Crippen molar-refractivity contribution in [2.75, 3.05) is 0 Å². The molecule has 0 fully saturated rings. The van der Waals surface area contributed by atoms with Gasteiger partial charge in [-0.25, -0.2) is 0 Å². The minimum atomic E-state index is -0.298. The number of rotatable bonds is 5. The molecule has 3 N–H and O–H groups in total. The lowest BCUT2D eigenvalue weighted by molar-refractivity contribution is 0.170. The second kappa shape index (κ2) is 5.87. The SMILES string of the molecule is Cc1cccc(CNC(C)CC(C)O)c1O. The molecule has 0 aromatic heterocycles. The van der Waals surface area contributed by atoms with Gasteiger partial charge in [0.25, 0.3) is 0 Å². The minimum absolute atomic E-state index is 0.236. The Morgan fingerprint density at radius 2 is 2.00 bits per heavy atom. The molecule has 3 heteroatoms. The molecule has 0 bridgehead atoms. The van der Waals surface area contributed by atoms with E-state index in [-0.39, 0.29) is 12.1 Å². The first kappa shape index (κ1) is 13.0. The van der Waals surface area contributed by atoms with E-state index in [0.717, 1.165) is 11.1 Å². The molecule has 90 valence electrons. The molecule has 1 aromatic carbocycles. The molecule has 0 aliphatic carbocycles. The lowest BCUT2D eigenvalue weighted by Crippen LogP contribution is -2.28. The summed E-state index contributed by atoms with van der Waals surface area (Å²) in [7, 11) is 0. The maximum Gasteiger partial charge on any atom is 0.122 e. The fourth-order valence-corrected chi connectivity index (χ4v) is 1.74. The van der Waals surface area contributed by atoms with Gasteiger partial charge in [0.05, 0.1) is 6.10 Å². The molecule has 2 atom stereocenters. The van der Waals surface area contributed by atoms with Crippen molar-refractivity contribution in [3.63, 3.8) is 0 Å². The maximum atomic E-state index is 9.80. The molecule has 0 amide bonds. The molecular formula is C13H21NO2. The number of hydrogen-bond donors (Lipinski definition) is 3. The highest BCUT2D eigenvalue weighted by molar-refractivity contribution is 5.39. The number of phenolic OH excluding ortho intramolecular Hbond substituents is 1. The fourth-order valence-electron chi connectivity index (χ4n) is 1.74. The monoisotopic (exact) mass is 223 g/mol. The molecule has 3 nitrogen and oxygen atoms in total. The van der Waals surface area contributed by atoms with E-state index in [1.54, 1.807) is 6.92 Å². The van der Waals surface area contributed by atoms with Crippen LogP contribution in [0.1, 0.15) is 31.4 Å². The van der Waals surface area contributed by atoms with Crippen LogP contribution < -0.4 is 5.32 Å². The quantitative estimate of drug-likeness (QED) is 0.715. The van der Waals surface area contributed by atoms with Crippen LogP contribution >= 0.6 is 0 Å². The van der Waals surface area contributed by atoms with E-state index in [2.05, 4.69) is 5.32 Å². The summed E-state index contributed by atoms with van der Waals surface area (Å²) in [6.45, 7) is 6.32. The molecule has 2 unspecified atom stereocenters. The number of hydrogen-bond acceptors (Lipinski definition) is 3. The van der Waals surface area contributed by atoms with Gasteiger partial charge in [-0.1, -0.05) is 18.2 Å². The number of aromatic hydroxyl groups is 1. The van der Waals surface area contributed by atoms with Crippen LogP contribution in [-0.2, 0) is 6.54 Å². The summed E-state index contributed by atoms with van der Waals surface area (Å²) in [5.41, 5.74) is 1.79. The summed E-state index contributed by atoms with van der Waals surface area (Å²) in [5, 5.41) is 22.3. The van der Waals surface area contributed by atoms with E-state index >= 15 is 0 Å². The third-order valence-electron chi connectivity index (χ3n) is 2.66. The number of aliphatic hydroxyl groups excluding tert-OH is 1. The number of nitrogens with one attached hydrogen (secondary N) is 1. The van der Waals surface area contributed by atoms with Crippen LogP contribution in [-0.4, -0.2) is 22.4 Å². The number of phenols is 1. The van der Waals surface area contributed by atoms with Crippen molar-refractivity contribution in [1.82, 2.24) is 5.32 Å². The second-order valence-corrected chi connectivity index (χ2v) is 4.45. The summed E-state index contributed by atoms with van der Waals surface area (Å²) in [5.74, 6) is 0.360. The summed E-state index contributed by atoms with van der Waals surface area (Å²) in [6.07, 6.45) is 0.417. The van der Waals surface area contributed by atoms with Crippen LogP contribution in [0.4, 0.5) is 0 Å². The van der Waals surface area contributed by atoms with Gasteiger partial charge in [0.15, 0.2) is 0 Å². The first-order valence-electron chi connectivity index (χ1n) is 5.69. The van der Waals surface area contributed by atoms with Crippen molar-refractivity contribution in [1.29, 1.82) is 0 Å². The van der Waals surface area contributed by atoms with Crippen molar-refractivity contribution < 1.29 is 10.2 Å². The van der Waals surface area contributed by atoms with Gasteiger partial charge in [0, 0.05) is 18.2 Å². The van der Waals surface area contributed by atoms with Crippen LogP contribution in [0.2, 0.25) is 0 Å². The topological polar surface area (TPSA) is 52.5 Å². The average Bonchev–Trinajstić information content (AvgIpc) is 2.19. The predicted octanol–water partition coefficient (Wildman–Crippen LogP) is 1.95. The van der Waals surface area contributed by atoms with E-state index in [1.807, 2.05) is 32.0 Å². The Balaban J connectivity index is 2.51. The zero-order valence-corrected chi connectivity index (χ0v) is 10.2. The van der Waals surface area contributed by atoms with Crippen molar-refractivity contribution in [2.45, 2.75) is 45.9 Å². The summed E-state index contributed by atoms with van der Waals surface area (Å²) >= 11 is 0. The van der Waals surface area contributed by atoms with Crippen LogP contribution in [0.25, 0.3) is 0 Å². The Bertz CT molecular complexity index is 337. The molecule has 0 saturated carbocycles. The molecule has 0 aliphatic heterocycles. The smallest absolute Gasteiger partial charge is 0.122 e. The lowest BCUT2D eigenvalue weighted by Gasteiger charge is -2.16. The number of para-hydroxylation sites is 1. The fraction of sp³-hybridized carbons (Fsp3) is 0.538. The van der Waals surface area contributed by atoms with Gasteiger partial charge in [-0.3, -0.25) is 0 Å². The molecule has 0 radical (unpaired) electrons. The second-order valence-electron chi connectivity index (χ2n) is 4.45. The van der Waals surface area contributed by atoms with Gasteiger partial charge in [0.1, 0.15) is 5.75 Å². The highest BCUT2D eigenvalue weighted by Crippen LogP contribution is 2.21. The molecule has 16 heavy (non-hydrogen) atoms. The summed E-state index contributed by atoms with van der Waals surface area (Å²) < 4.78 is 0. The van der Waals surface area contributed by atoms with E-state index in [1.165, 1.54) is 0 Å². The Morgan fingerprint density at radius 1 is 1.31 bits per heavy atom. The molecule has 0 spiro atoms. The molecular weight excluding hydrogens is 202 g/mol. The highest BCUT2D eigenvalue weighted by atomic mass is 16.3. The maximum absolute atomic E-state index is 9.80. The zero-order chi connectivity index (χ0) is 12.1. The Hall–Kier alpha value is -1.06. The van der Waals surface area contributed by atoms with Crippen molar-refractivity contribution >= 4 is 0 Å². The Kier molecular flexibility index (Phi) is 4.77. The summed E-state index contributed by atoms with van der Waals surface area (Å²) in [6, 6.07) is 5.97. The zero-order valence-electron chi connectivity index (χ0n) is 10.2. The molecule has 1 aromatic rings. The first-order valence-corrected chi connectivity index (χ1v) is 5.69. The van der Waals surface area contributed by atoms with Crippen molar-refractivity contribution in [2.24, 2.45) is 0 Å². The lowest BCUT2D eigenvalue weighted by atomic mass is 10.1. The van der Waals surface area contributed by atoms with Crippen LogP contribution in [0, 0.1) is 6.92 Å². The molecule has 0 heterocycles. The average molecular weight is 223 g/mol. The normalized spacial score (nSPS) is 14.8. The number of benzene rings is 1. The van der Waals surface area contributed by atoms with Gasteiger partial charge in [-0.05, 0) is 32.8 Å². The van der Waals surface area contributed by atoms with Gasteiger partial charge in [-0.2, -0.15) is 0 Å². The predicted molar refractivity (Wildman–Crippen MR) is 65.4 cm³/mol. The van der Waals surface area contributed by atoms with Gasteiger partial charge in [0.2, 0.25) is 0 Å². The minimum Gasteiger partial charge on any atom is -0.507 e. The third-order valence-corrected chi connectivity index (χ3v) is 2.66. The van der Waals surface area contributed by atoms with Crippen molar-refractivity contribution in [3.05, 3.63) is 29.3 Å². The van der Waals surface area contributed by atoms with Gasteiger partial charge >= 0.3 is 0 Å². The standard InChI is InChI=1S/C13H21NO2/c1-9-5-4-6-12(13(9)16)8-14-10(2)7-11(3)15/h4-6,10-11,14-16H,7-8H2,1-3H3. The number of aliphatic hydroxyl groups is 1. The van der Waals surface area contributed by atoms with E-state index in [0.29, 0.717) is 18.7 Å². The van der Waals surface area contributed by atoms with E-state index < -0.39 is 0 Å². The molecule has 0 aliphatic rings. The largest absolute Gasteiger partial charge is 0.507 e. The third kappa shape index (κ3) is 3.83. The van der Waals surface area contributed by atoms with E-state index in [4.69, 9.17) is 0 Å². The highest BCUT2D eigenvalue weighted by Gasteiger charge is 2.07. The van der Waals surface area contributed by atoms with Crippen molar-refractivity contribution in [3.8, 4) is 5.75 Å². The Labute approximate surface area is 97.1 Å². The van der Waals surface area contributed by atoms with Crippen LogP contribution in [0.5, 0.6) is 5.75 Å². The van der Waals surface area contributed by atoms with E-state index in [9.17, 15) is 10.2 Å². The molecule has 0 saturated heterocycles.